The van der Waals surface area contributed by atoms with Crippen LogP contribution in [0.1, 0.15) is 0 Å². The molecule has 0 bridgehead atoms. The van der Waals surface area contributed by atoms with Crippen LogP contribution in [0, 0.1) is 0 Å². The van der Waals surface area contributed by atoms with Crippen molar-refractivity contribution < 1.29 is 0 Å². The van der Waals surface area contributed by atoms with Gasteiger partial charge in [-0.05, 0) is 74.1 Å². The monoisotopic (exact) mass is 678 g/mol. The molecule has 0 saturated carbocycles. The van der Waals surface area contributed by atoms with Gasteiger partial charge >= 0.3 is 0 Å². The van der Waals surface area contributed by atoms with Gasteiger partial charge in [-0.1, -0.05) is 175 Å². The number of hydrogen-bond donors (Lipinski definition) is 0. The Bertz CT molecular complexity index is 2450. The van der Waals surface area contributed by atoms with E-state index in [1.165, 1.54) is 54.2 Å². The van der Waals surface area contributed by atoms with Crippen molar-refractivity contribution in [3.63, 3.8) is 0 Å². The Hall–Kier alpha value is -6.36. The molecule has 8 aromatic carbocycles. The molecule has 2 aliphatic heterocycles. The highest BCUT2D eigenvalue weighted by Crippen LogP contribution is 2.42. The summed E-state index contributed by atoms with van der Waals surface area (Å²) in [5.74, 6) is 0. The molecule has 0 atom stereocenters. The first-order chi connectivity index (χ1) is 25.8. The fourth-order valence-electron chi connectivity index (χ4n) is 8.90. The number of anilines is 6. The second-order valence-electron chi connectivity index (χ2n) is 13.7. The molecule has 0 spiro atoms. The molecule has 0 amide bonds. The van der Waals surface area contributed by atoms with Crippen LogP contribution >= 0.6 is 0 Å². The van der Waals surface area contributed by atoms with E-state index in [0.717, 1.165) is 17.1 Å². The van der Waals surface area contributed by atoms with Crippen LogP contribution in [0.2, 0.25) is 0 Å². The maximum absolute atomic E-state index is 2.78. The summed E-state index contributed by atoms with van der Waals surface area (Å²) in [6.07, 6.45) is 0. The quantitative estimate of drug-likeness (QED) is 0.173. The van der Waals surface area contributed by atoms with Crippen LogP contribution < -0.4 is 46.9 Å². The van der Waals surface area contributed by atoms with E-state index >= 15 is 0 Å². The standard InChI is InChI=1S/C48H35BN2Si/c1-6-19-36(20-7-1)49-42-34-33-39(50(37-21-8-2-9-22-37)38-23-10-3-11-24-38)35-45(42)51-44-30-16-17-31-46(44)52(40-25-12-4-13-26-40,41-27-14-5-15-28-41)47-32-18-29-43(49)48(47)51/h1-35H. The Morgan fingerprint density at radius 3 is 1.52 bits per heavy atom. The van der Waals surface area contributed by atoms with Crippen LogP contribution in [0.4, 0.5) is 34.1 Å². The normalized spacial score (nSPS) is 13.5. The molecule has 0 aliphatic carbocycles. The highest BCUT2D eigenvalue weighted by molar-refractivity contribution is 7.22. The zero-order chi connectivity index (χ0) is 34.5. The van der Waals surface area contributed by atoms with Crippen molar-refractivity contribution in [1.82, 2.24) is 0 Å². The summed E-state index contributed by atoms with van der Waals surface area (Å²) in [7, 11) is -2.78. The van der Waals surface area contributed by atoms with Gasteiger partial charge in [-0.25, -0.2) is 0 Å². The Morgan fingerprint density at radius 2 is 0.904 bits per heavy atom. The minimum Gasteiger partial charge on any atom is -0.312 e. The predicted molar refractivity (Wildman–Crippen MR) is 224 cm³/mol. The minimum absolute atomic E-state index is 0.0712. The third-order valence-electron chi connectivity index (χ3n) is 11.0. The summed E-state index contributed by atoms with van der Waals surface area (Å²) >= 11 is 0. The van der Waals surface area contributed by atoms with E-state index in [0.29, 0.717) is 0 Å². The van der Waals surface area contributed by atoms with Crippen molar-refractivity contribution in [2.24, 2.45) is 0 Å². The Balaban J connectivity index is 1.31. The topological polar surface area (TPSA) is 6.48 Å². The summed E-state index contributed by atoms with van der Waals surface area (Å²) in [6.45, 7) is 0.0712. The largest absolute Gasteiger partial charge is 0.312 e. The molecule has 2 heterocycles. The zero-order valence-electron chi connectivity index (χ0n) is 28.7. The maximum atomic E-state index is 2.60. The molecule has 0 N–H and O–H groups in total. The second kappa shape index (κ2) is 12.4. The number of fused-ring (bicyclic) bond motifs is 4. The summed E-state index contributed by atoms with van der Waals surface area (Å²) in [6, 6.07) is 78.6. The second-order valence-corrected chi connectivity index (χ2v) is 17.4. The van der Waals surface area contributed by atoms with Crippen molar-refractivity contribution in [3.05, 3.63) is 212 Å². The van der Waals surface area contributed by atoms with Crippen LogP contribution in [-0.4, -0.2) is 14.8 Å². The minimum atomic E-state index is -2.78. The third-order valence-corrected chi connectivity index (χ3v) is 15.8. The summed E-state index contributed by atoms with van der Waals surface area (Å²) in [4.78, 5) is 4.98. The number of benzene rings is 8. The van der Waals surface area contributed by atoms with Gasteiger partial charge in [0.2, 0.25) is 6.71 Å². The van der Waals surface area contributed by atoms with E-state index in [2.05, 4.69) is 222 Å². The van der Waals surface area contributed by atoms with Gasteiger partial charge in [0.05, 0.1) is 0 Å². The molecule has 0 radical (unpaired) electrons. The molecular formula is C48H35BN2Si. The van der Waals surface area contributed by atoms with Crippen molar-refractivity contribution in [1.29, 1.82) is 0 Å². The number of rotatable bonds is 6. The summed E-state index contributed by atoms with van der Waals surface area (Å²) < 4.78 is 0. The molecule has 10 rings (SSSR count). The Labute approximate surface area is 307 Å². The molecule has 8 aromatic rings. The molecule has 4 heteroatoms. The molecular weight excluding hydrogens is 643 g/mol. The molecule has 0 aromatic heterocycles. The Morgan fingerprint density at radius 1 is 0.385 bits per heavy atom. The predicted octanol–water partition coefficient (Wildman–Crippen LogP) is 7.15. The molecule has 0 fully saturated rings. The van der Waals surface area contributed by atoms with Crippen LogP contribution in [0.3, 0.4) is 0 Å². The van der Waals surface area contributed by atoms with Crippen molar-refractivity contribution in [2.75, 3.05) is 9.80 Å². The molecule has 52 heavy (non-hydrogen) atoms. The van der Waals surface area contributed by atoms with Gasteiger partial charge in [0.25, 0.3) is 0 Å². The average molecular weight is 679 g/mol. The van der Waals surface area contributed by atoms with Crippen LogP contribution in [-0.2, 0) is 0 Å². The smallest absolute Gasteiger partial charge is 0.246 e. The third kappa shape index (κ3) is 4.58. The molecule has 0 unspecified atom stereocenters. The molecule has 2 nitrogen and oxygen atoms in total. The first-order valence-corrected chi connectivity index (χ1v) is 20.1. The van der Waals surface area contributed by atoms with E-state index in [1.54, 1.807) is 0 Å². The fourth-order valence-corrected chi connectivity index (χ4v) is 14.0. The lowest BCUT2D eigenvalue weighted by Gasteiger charge is -2.49. The fraction of sp³-hybridized carbons (Fsp3) is 0. The first-order valence-electron chi connectivity index (χ1n) is 18.1. The van der Waals surface area contributed by atoms with Gasteiger partial charge in [0.1, 0.15) is 0 Å². The van der Waals surface area contributed by atoms with E-state index in [1.807, 2.05) is 0 Å². The van der Waals surface area contributed by atoms with E-state index < -0.39 is 8.07 Å². The zero-order valence-corrected chi connectivity index (χ0v) is 29.7. The summed E-state index contributed by atoms with van der Waals surface area (Å²) in [5, 5.41) is 5.64. The molecule has 0 saturated heterocycles. The SMILES string of the molecule is c1ccc(B2c3ccc(N(c4ccccc4)c4ccccc4)cc3N3c4ccccc4[Si](c4ccccc4)(c4ccccc4)c4cccc2c43)cc1. The highest BCUT2D eigenvalue weighted by Gasteiger charge is 2.51. The average Bonchev–Trinajstić information content (AvgIpc) is 3.23. The van der Waals surface area contributed by atoms with E-state index in [9.17, 15) is 0 Å². The van der Waals surface area contributed by atoms with Gasteiger partial charge in [-0.2, -0.15) is 0 Å². The number of hydrogen-bond acceptors (Lipinski definition) is 2. The number of para-hydroxylation sites is 4. The summed E-state index contributed by atoms with van der Waals surface area (Å²) in [5.41, 5.74) is 11.2. The van der Waals surface area contributed by atoms with E-state index in [-0.39, 0.29) is 6.71 Å². The lowest BCUT2D eigenvalue weighted by molar-refractivity contribution is 1.26. The van der Waals surface area contributed by atoms with Gasteiger partial charge in [0, 0.05) is 34.1 Å². The molecule has 244 valence electrons. The van der Waals surface area contributed by atoms with E-state index in [4.69, 9.17) is 0 Å². The Kier molecular flexibility index (Phi) is 7.29. The van der Waals surface area contributed by atoms with Gasteiger partial charge < -0.3 is 9.80 Å². The lowest BCUT2D eigenvalue weighted by Crippen LogP contribution is -2.78. The lowest BCUT2D eigenvalue weighted by atomic mass is 9.35. The highest BCUT2D eigenvalue weighted by atomic mass is 28.3. The molecule has 2 aliphatic rings. The van der Waals surface area contributed by atoms with Gasteiger partial charge in [-0.3, -0.25) is 0 Å². The van der Waals surface area contributed by atoms with Gasteiger partial charge in [0.15, 0.2) is 8.07 Å². The van der Waals surface area contributed by atoms with Crippen molar-refractivity contribution >= 4 is 86.0 Å². The van der Waals surface area contributed by atoms with Gasteiger partial charge in [-0.15, -0.1) is 0 Å². The van der Waals surface area contributed by atoms with Crippen molar-refractivity contribution in [2.45, 2.75) is 0 Å². The van der Waals surface area contributed by atoms with Crippen molar-refractivity contribution in [3.8, 4) is 0 Å². The maximum Gasteiger partial charge on any atom is 0.246 e. The van der Waals surface area contributed by atoms with Crippen LogP contribution in [0.15, 0.2) is 212 Å². The first kappa shape index (κ1) is 30.5. The van der Waals surface area contributed by atoms with Crippen LogP contribution in [0.5, 0.6) is 0 Å². The van der Waals surface area contributed by atoms with Crippen LogP contribution in [0.25, 0.3) is 0 Å². The number of nitrogens with zero attached hydrogens (tertiary/aromatic N) is 2.